The molecule has 0 bridgehead atoms. The number of carbonyl (C=O) groups is 1. The van der Waals surface area contributed by atoms with Gasteiger partial charge in [-0.3, -0.25) is 9.13 Å². The van der Waals surface area contributed by atoms with E-state index in [9.17, 15) is 29.6 Å². The molecule has 1 unspecified atom stereocenters. The molecule has 1 saturated heterocycles. The monoisotopic (exact) mass is 495 g/mol. The quantitative estimate of drug-likeness (QED) is 0.156. The molecule has 5 atom stereocenters. The first kappa shape index (κ1) is 23.8. The smallest absolute Gasteiger partial charge is 0.346 e. The molecule has 0 aliphatic carbocycles. The van der Waals surface area contributed by atoms with E-state index in [1.54, 1.807) is 0 Å². The third-order valence-corrected chi connectivity index (χ3v) is 6.08. The molecule has 7 N–H and O–H groups in total. The number of phosphoric ester groups is 1. The molecule has 3 heterocycles. The standard InChI is InChI=1S/C18H21N6O9P/c1-7-2-3-8(10(19)12(7)25)18(28)33-34(29,30)31-4-9-13(26)14(27)17(32-9)24-6-23-11-15(20)21-5-22-16(11)24/h2-3,5-6,9,13-14,17,25-27H,4,19H2,1H3,(H,29,30)(H2,20,21,22)/p-1/t9-,13-,14-,17-/m1/s1. The van der Waals surface area contributed by atoms with Crippen LogP contribution in [0.25, 0.3) is 11.2 Å². The Balaban J connectivity index is 1.44. The summed E-state index contributed by atoms with van der Waals surface area (Å²) in [5, 5.41) is 30.5. The Bertz CT molecular complexity index is 1300. The number of anilines is 2. The summed E-state index contributed by atoms with van der Waals surface area (Å²) >= 11 is 0. The van der Waals surface area contributed by atoms with Gasteiger partial charge in [-0.15, -0.1) is 0 Å². The van der Waals surface area contributed by atoms with Gasteiger partial charge < -0.3 is 45.5 Å². The van der Waals surface area contributed by atoms with Crippen molar-refractivity contribution in [3.63, 3.8) is 0 Å². The molecular weight excluding hydrogens is 475 g/mol. The Morgan fingerprint density at radius 2 is 2.00 bits per heavy atom. The molecular formula is C18H20N6O9P-. The van der Waals surface area contributed by atoms with Crippen LogP contribution in [0.15, 0.2) is 24.8 Å². The average Bonchev–Trinajstić information content (AvgIpc) is 3.32. The van der Waals surface area contributed by atoms with Crippen LogP contribution in [0.3, 0.4) is 0 Å². The molecule has 1 aliphatic heterocycles. The molecule has 2 aromatic heterocycles. The van der Waals surface area contributed by atoms with Crippen molar-refractivity contribution in [2.45, 2.75) is 31.5 Å². The zero-order valence-electron chi connectivity index (χ0n) is 17.5. The van der Waals surface area contributed by atoms with Crippen molar-refractivity contribution in [3.8, 4) is 5.75 Å². The van der Waals surface area contributed by atoms with Gasteiger partial charge in [-0.05, 0) is 18.6 Å². The summed E-state index contributed by atoms with van der Waals surface area (Å²) in [7, 11) is -5.25. The van der Waals surface area contributed by atoms with E-state index in [1.807, 2.05) is 0 Å². The van der Waals surface area contributed by atoms with Crippen molar-refractivity contribution in [2.75, 3.05) is 18.1 Å². The lowest BCUT2D eigenvalue weighted by Gasteiger charge is -2.24. The van der Waals surface area contributed by atoms with Crippen molar-refractivity contribution in [3.05, 3.63) is 35.9 Å². The molecule has 1 fully saturated rings. The molecule has 0 saturated carbocycles. The molecule has 4 rings (SSSR count). The van der Waals surface area contributed by atoms with Gasteiger partial charge in [-0.25, -0.2) is 19.7 Å². The number of fused-ring (bicyclic) bond motifs is 1. The molecule has 1 aromatic carbocycles. The number of ether oxygens (including phenoxy) is 1. The number of aromatic hydroxyl groups is 1. The first-order valence-electron chi connectivity index (χ1n) is 9.72. The van der Waals surface area contributed by atoms with Gasteiger partial charge in [0.1, 0.15) is 35.9 Å². The van der Waals surface area contributed by atoms with Crippen LogP contribution in [0, 0.1) is 6.92 Å². The van der Waals surface area contributed by atoms with Crippen LogP contribution in [-0.4, -0.2) is 65.7 Å². The number of nitrogen functional groups attached to an aromatic ring is 2. The molecule has 0 amide bonds. The highest BCUT2D eigenvalue weighted by Gasteiger charge is 2.45. The number of aryl methyl sites for hydroxylation is 1. The van der Waals surface area contributed by atoms with E-state index in [0.29, 0.717) is 5.56 Å². The highest BCUT2D eigenvalue weighted by Crippen LogP contribution is 2.42. The van der Waals surface area contributed by atoms with Crippen LogP contribution in [0.5, 0.6) is 5.75 Å². The van der Waals surface area contributed by atoms with E-state index < -0.39 is 50.7 Å². The molecule has 0 spiro atoms. The fraction of sp³-hybridized carbons (Fsp3) is 0.333. The average molecular weight is 495 g/mol. The zero-order valence-corrected chi connectivity index (χ0v) is 18.4. The van der Waals surface area contributed by atoms with E-state index >= 15 is 0 Å². The van der Waals surface area contributed by atoms with Gasteiger partial charge >= 0.3 is 13.8 Å². The van der Waals surface area contributed by atoms with Gasteiger partial charge in [0.15, 0.2) is 17.7 Å². The third-order valence-electron chi connectivity index (χ3n) is 5.23. The maximum atomic E-state index is 12.2. The van der Waals surface area contributed by atoms with E-state index in [-0.39, 0.29) is 28.2 Å². The predicted octanol–water partition coefficient (Wildman–Crippen LogP) is -1.03. The van der Waals surface area contributed by atoms with Crippen molar-refractivity contribution in [1.82, 2.24) is 19.5 Å². The Morgan fingerprint density at radius 3 is 2.74 bits per heavy atom. The summed E-state index contributed by atoms with van der Waals surface area (Å²) < 4.78 is 28.1. The normalized spacial score (nSPS) is 24.2. The number of aliphatic hydroxyl groups excluding tert-OH is 2. The molecule has 1 aliphatic rings. The second-order valence-electron chi connectivity index (χ2n) is 7.44. The number of phenols is 1. The summed E-state index contributed by atoms with van der Waals surface area (Å²) in [6.07, 6.45) is -3.16. The number of aromatic nitrogens is 4. The van der Waals surface area contributed by atoms with E-state index in [4.69, 9.17) is 16.2 Å². The Labute approximate surface area is 191 Å². The second-order valence-corrected chi connectivity index (χ2v) is 8.78. The number of hydrogen-bond donors (Lipinski definition) is 5. The Morgan fingerprint density at radius 1 is 1.26 bits per heavy atom. The lowest BCUT2D eigenvalue weighted by Crippen LogP contribution is -2.34. The van der Waals surface area contributed by atoms with E-state index in [1.165, 1.54) is 36.3 Å². The molecule has 15 nitrogen and oxygen atoms in total. The van der Waals surface area contributed by atoms with Crippen molar-refractivity contribution < 1.29 is 43.4 Å². The predicted molar refractivity (Wildman–Crippen MR) is 112 cm³/mol. The summed E-state index contributed by atoms with van der Waals surface area (Å²) in [6, 6.07) is 2.53. The van der Waals surface area contributed by atoms with Crippen LogP contribution in [0.2, 0.25) is 0 Å². The Hall–Kier alpha value is -3.33. The number of nitrogens with two attached hydrogens (primary N) is 2. The maximum Gasteiger partial charge on any atom is 0.346 e. The van der Waals surface area contributed by atoms with Crippen LogP contribution in [0.1, 0.15) is 22.1 Å². The number of phosphoric acid groups is 1. The minimum atomic E-state index is -5.25. The minimum Gasteiger partial charge on any atom is -0.746 e. The fourth-order valence-corrected chi connectivity index (χ4v) is 4.07. The van der Waals surface area contributed by atoms with Crippen LogP contribution >= 0.6 is 7.82 Å². The fourth-order valence-electron chi connectivity index (χ4n) is 3.39. The number of aliphatic hydroxyl groups is 2. The summed E-state index contributed by atoms with van der Waals surface area (Å²) in [5.41, 5.74) is 11.4. The number of hydrogen-bond acceptors (Lipinski definition) is 14. The summed E-state index contributed by atoms with van der Waals surface area (Å²) in [5.74, 6) is -1.68. The van der Waals surface area contributed by atoms with Gasteiger partial charge in [0.2, 0.25) is 0 Å². The van der Waals surface area contributed by atoms with Gasteiger partial charge in [-0.1, -0.05) is 6.07 Å². The summed E-state index contributed by atoms with van der Waals surface area (Å²) in [6.45, 7) is 0.743. The van der Waals surface area contributed by atoms with Gasteiger partial charge in [-0.2, -0.15) is 0 Å². The second kappa shape index (κ2) is 8.79. The highest BCUT2D eigenvalue weighted by atomic mass is 31.2. The molecule has 34 heavy (non-hydrogen) atoms. The van der Waals surface area contributed by atoms with Crippen LogP contribution in [-0.2, 0) is 18.3 Å². The number of imidazole rings is 1. The van der Waals surface area contributed by atoms with E-state index in [2.05, 4.69) is 24.0 Å². The highest BCUT2D eigenvalue weighted by molar-refractivity contribution is 7.46. The number of nitrogens with zero attached hydrogens (tertiary/aromatic N) is 4. The lowest BCUT2D eigenvalue weighted by atomic mass is 10.1. The maximum absolute atomic E-state index is 12.2. The van der Waals surface area contributed by atoms with Crippen LogP contribution in [0.4, 0.5) is 11.5 Å². The van der Waals surface area contributed by atoms with Gasteiger partial charge in [0, 0.05) is 0 Å². The van der Waals surface area contributed by atoms with Gasteiger partial charge in [0.05, 0.1) is 24.2 Å². The largest absolute Gasteiger partial charge is 0.746 e. The third kappa shape index (κ3) is 4.27. The number of rotatable bonds is 6. The zero-order chi connectivity index (χ0) is 24.8. The van der Waals surface area contributed by atoms with Crippen molar-refractivity contribution >= 4 is 36.5 Å². The molecule has 16 heteroatoms. The minimum absolute atomic E-state index is 0.0910. The Kier molecular flexibility index (Phi) is 6.16. The van der Waals surface area contributed by atoms with Gasteiger partial charge in [0.25, 0.3) is 0 Å². The molecule has 182 valence electrons. The van der Waals surface area contributed by atoms with Crippen molar-refractivity contribution in [1.29, 1.82) is 0 Å². The molecule has 0 radical (unpaired) electrons. The number of phenolic OH excluding ortho intramolecular Hbond substituents is 1. The lowest BCUT2D eigenvalue weighted by molar-refractivity contribution is -0.222. The first-order chi connectivity index (χ1) is 16.0. The van der Waals surface area contributed by atoms with Crippen LogP contribution < -0.4 is 16.4 Å². The van der Waals surface area contributed by atoms with Crippen molar-refractivity contribution in [2.24, 2.45) is 0 Å². The SMILES string of the molecule is Cc1ccc(C(=O)OP(=O)([O-])OC[C@H]2O[C@@H](n3cnc4c(N)ncnc43)[C@H](O)[C@@H]2O)c(N)c1O. The number of benzene rings is 1. The summed E-state index contributed by atoms with van der Waals surface area (Å²) in [4.78, 5) is 36.2. The topological polar surface area (TPSA) is 241 Å². The first-order valence-corrected chi connectivity index (χ1v) is 11.2. The van der Waals surface area contributed by atoms with E-state index in [0.717, 1.165) is 0 Å². The molecule has 3 aromatic rings. The number of carbonyl (C=O) groups excluding carboxylic acids is 1.